The van der Waals surface area contributed by atoms with Crippen LogP contribution in [0.3, 0.4) is 0 Å². The monoisotopic (exact) mass is 629 g/mol. The van der Waals surface area contributed by atoms with Crippen LogP contribution in [0.5, 0.6) is 0 Å². The summed E-state index contributed by atoms with van der Waals surface area (Å²) in [6.45, 7) is 17.7. The van der Waals surface area contributed by atoms with Crippen molar-refractivity contribution in [3.8, 4) is 11.1 Å². The van der Waals surface area contributed by atoms with Crippen molar-refractivity contribution in [3.05, 3.63) is 100 Å². The first-order chi connectivity index (χ1) is 18.5. The van der Waals surface area contributed by atoms with Crippen molar-refractivity contribution in [1.82, 2.24) is 0 Å². The predicted molar refractivity (Wildman–Crippen MR) is 165 cm³/mol. The molecule has 0 radical (unpaired) electrons. The van der Waals surface area contributed by atoms with Gasteiger partial charge in [0.05, 0.1) is 11.4 Å². The first kappa shape index (κ1) is 34.8. The molecule has 4 aromatic carbocycles. The van der Waals surface area contributed by atoms with Gasteiger partial charge in [0.15, 0.2) is 0 Å². The Morgan fingerprint density at radius 1 is 0.488 bits per heavy atom. The van der Waals surface area contributed by atoms with E-state index in [1.165, 1.54) is 27.8 Å². The molecule has 4 aromatic rings. The number of nitrogens with one attached hydrogen (secondary N) is 2. The van der Waals surface area contributed by atoms with Gasteiger partial charge in [-0.2, -0.15) is 0 Å². The van der Waals surface area contributed by atoms with Crippen LogP contribution in [0.15, 0.2) is 66.7 Å². The molecule has 2 N–H and O–H groups in total. The van der Waals surface area contributed by atoms with Crippen molar-refractivity contribution in [3.63, 3.8) is 0 Å². The van der Waals surface area contributed by atoms with E-state index in [0.717, 1.165) is 32.0 Å². The van der Waals surface area contributed by atoms with Gasteiger partial charge >= 0.3 is 88.9 Å². The number of halogens is 2. The zero-order valence-electron chi connectivity index (χ0n) is 25.2. The van der Waals surface area contributed by atoms with Gasteiger partial charge in [-0.1, -0.05) is 76.2 Å². The fourth-order valence-corrected chi connectivity index (χ4v) is 6.33. The van der Waals surface area contributed by atoms with Gasteiger partial charge in [0.25, 0.3) is 0 Å². The summed E-state index contributed by atoms with van der Waals surface area (Å²) in [5.74, 6) is 1.89. The van der Waals surface area contributed by atoms with E-state index < -0.39 is 0 Å². The summed E-state index contributed by atoms with van der Waals surface area (Å²) in [6, 6.07) is 23.3. The fourth-order valence-electron chi connectivity index (χ4n) is 5.59. The molecule has 0 heterocycles. The van der Waals surface area contributed by atoms with E-state index in [1.807, 2.05) is 12.1 Å². The van der Waals surface area contributed by atoms with Crippen molar-refractivity contribution in [2.75, 3.05) is 0 Å². The van der Waals surface area contributed by atoms with Gasteiger partial charge in [0.2, 0.25) is 0 Å². The van der Waals surface area contributed by atoms with E-state index in [2.05, 4.69) is 110 Å². The Hall–Kier alpha value is -2.45. The maximum absolute atomic E-state index is 8.65. The van der Waals surface area contributed by atoms with Crippen LogP contribution in [0.1, 0.15) is 112 Å². The summed E-state index contributed by atoms with van der Waals surface area (Å²) < 4.78 is 1.10. The minimum atomic E-state index is 0. The zero-order chi connectivity index (χ0) is 28.6. The first-order valence-corrected chi connectivity index (χ1v) is 14.6. The van der Waals surface area contributed by atoms with E-state index >= 15 is 0 Å². The Balaban J connectivity index is 0.000000336. The van der Waals surface area contributed by atoms with Gasteiger partial charge in [-0.3, -0.25) is 10.8 Å². The molecule has 0 saturated heterocycles. The second-order valence-corrected chi connectivity index (χ2v) is 12.3. The molecule has 0 unspecified atom stereocenters. The summed E-state index contributed by atoms with van der Waals surface area (Å²) in [7, 11) is 0. The van der Waals surface area contributed by atoms with Crippen LogP contribution in [-0.2, 0) is 15.5 Å². The third-order valence-electron chi connectivity index (χ3n) is 7.72. The smallest absolute Gasteiger partial charge is 0.0880 e. The maximum Gasteiger partial charge on any atom is 0.0880 e. The second kappa shape index (κ2) is 14.1. The Morgan fingerprint density at radius 3 is 1.39 bits per heavy atom. The van der Waals surface area contributed by atoms with Gasteiger partial charge in [0.1, 0.15) is 0 Å². The Kier molecular flexibility index (Phi) is 12.0. The standard InChI is InChI=1S/C24H24N2.C12H17.2ClH.Ni/c1-13(2)16-8-6-9-17(14(3)4)21(16)18-12-11-15-7-5-10-19-20(15)22(18)24(26)23(19)25;1-9(2)11-6-5-7-12(8-11)10(3)4;;;/h5-14,25-26H,1-4H3;5-7,9-10H,1-4H3;2*1H;/q;;;;+2/p-2. The molecule has 0 bridgehead atoms. The quantitative estimate of drug-likeness (QED) is 0.317. The molecule has 2 nitrogen and oxygen atoms in total. The largest absolute Gasteiger partial charge is 1.00 e. The second-order valence-electron chi connectivity index (χ2n) is 11.8. The molecule has 41 heavy (non-hydrogen) atoms. The molecule has 0 spiro atoms. The Labute approximate surface area is 267 Å². The average molecular weight is 631 g/mol. The molecular formula is C36H41Cl2N2Ni. The molecule has 5 heteroatoms. The van der Waals surface area contributed by atoms with Crippen LogP contribution in [-0.4, -0.2) is 11.4 Å². The predicted octanol–water partition coefficient (Wildman–Crippen LogP) is 3.62. The third-order valence-corrected chi connectivity index (χ3v) is 8.29. The average Bonchev–Trinajstić information content (AvgIpc) is 3.15. The van der Waals surface area contributed by atoms with Crippen molar-refractivity contribution in [2.24, 2.45) is 0 Å². The minimum absolute atomic E-state index is 0. The van der Waals surface area contributed by atoms with Crippen LogP contribution < -0.4 is 29.3 Å². The molecule has 0 aromatic heterocycles. The molecule has 0 atom stereocenters. The van der Waals surface area contributed by atoms with Gasteiger partial charge in [-0.25, -0.2) is 0 Å². The summed E-state index contributed by atoms with van der Waals surface area (Å²) >= 11 is 5.12. The summed E-state index contributed by atoms with van der Waals surface area (Å²) in [5, 5.41) is 19.3. The van der Waals surface area contributed by atoms with Gasteiger partial charge in [0, 0.05) is 16.5 Å². The summed E-state index contributed by atoms with van der Waals surface area (Å²) in [4.78, 5) is 0. The van der Waals surface area contributed by atoms with E-state index in [-0.39, 0.29) is 24.8 Å². The van der Waals surface area contributed by atoms with Gasteiger partial charge in [-0.05, 0) is 39.5 Å². The molecular weight excluding hydrogens is 590 g/mol. The van der Waals surface area contributed by atoms with Crippen molar-refractivity contribution >= 4 is 26.7 Å². The summed E-state index contributed by atoms with van der Waals surface area (Å²) in [5.41, 5.74) is 10.1. The molecule has 5 rings (SSSR count). The molecule has 1 aliphatic carbocycles. The van der Waals surface area contributed by atoms with Crippen molar-refractivity contribution < 1.29 is 40.3 Å². The van der Waals surface area contributed by atoms with E-state index in [4.69, 9.17) is 26.3 Å². The van der Waals surface area contributed by atoms with Crippen LogP contribution >= 0.6 is 0 Å². The first-order valence-electron chi connectivity index (χ1n) is 14.1. The van der Waals surface area contributed by atoms with Crippen LogP contribution in [0.2, 0.25) is 0 Å². The van der Waals surface area contributed by atoms with Gasteiger partial charge < -0.3 is 24.8 Å². The normalized spacial score (nSPS) is 12.1. The maximum atomic E-state index is 8.65. The molecule has 0 fully saturated rings. The minimum Gasteiger partial charge on any atom is -1.00 e. The van der Waals surface area contributed by atoms with Gasteiger partial charge in [-0.15, -0.1) is 0 Å². The summed E-state index contributed by atoms with van der Waals surface area (Å²) in [6.07, 6.45) is 0. The van der Waals surface area contributed by atoms with E-state index in [0.29, 0.717) is 35.1 Å². The molecule has 1 aliphatic rings. The number of benzene rings is 4. The number of rotatable bonds is 5. The van der Waals surface area contributed by atoms with Crippen LogP contribution in [0.4, 0.5) is 0 Å². The van der Waals surface area contributed by atoms with Crippen molar-refractivity contribution in [1.29, 1.82) is 10.8 Å². The molecule has 219 valence electrons. The van der Waals surface area contributed by atoms with Crippen LogP contribution in [0, 0.1) is 10.8 Å². The topological polar surface area (TPSA) is 47.7 Å². The van der Waals surface area contributed by atoms with E-state index in [9.17, 15) is 0 Å². The number of hydrogen-bond donors (Lipinski definition) is 2. The Morgan fingerprint density at radius 2 is 0.927 bits per heavy atom. The molecule has 0 saturated carbocycles. The van der Waals surface area contributed by atoms with E-state index in [1.54, 1.807) is 0 Å². The molecule has 0 aliphatic heterocycles. The Bertz CT molecular complexity index is 1520. The fraction of sp³-hybridized carbons (Fsp3) is 0.333. The zero-order valence-corrected chi connectivity index (χ0v) is 27.7. The van der Waals surface area contributed by atoms with Crippen molar-refractivity contribution in [2.45, 2.75) is 79.1 Å². The molecule has 0 amide bonds. The SMILES string of the molecule is CC(C)c1cccc(C(C)C)[c]1[Ni+2].CC(C)c1cccc(C(C)C)c1-c1ccc2cccc3c2c1C(=N)C3=N.[Cl-].[Cl-]. The third kappa shape index (κ3) is 6.64. The number of hydrogen-bond acceptors (Lipinski definition) is 2. The van der Waals surface area contributed by atoms with Crippen LogP contribution in [0.25, 0.3) is 21.9 Å².